The first-order valence-electron chi connectivity index (χ1n) is 8.88. The molecule has 1 atom stereocenters. The number of likely N-dealkylation sites (tertiary alicyclic amines) is 1. The van der Waals surface area contributed by atoms with Crippen LogP contribution >= 0.6 is 0 Å². The van der Waals surface area contributed by atoms with Crippen LogP contribution in [0.1, 0.15) is 38.3 Å². The van der Waals surface area contributed by atoms with E-state index in [1.165, 1.54) is 12.1 Å². The molecular weight excluding hydrogens is 357 g/mol. The highest BCUT2D eigenvalue weighted by atomic mass is 32.2. The van der Waals surface area contributed by atoms with Gasteiger partial charge in [-0.2, -0.15) is 0 Å². The van der Waals surface area contributed by atoms with E-state index in [1.807, 2.05) is 18.7 Å². The summed E-state index contributed by atoms with van der Waals surface area (Å²) in [6.07, 6.45) is 2.53. The maximum atomic E-state index is 13.1. The first-order chi connectivity index (χ1) is 12.1. The highest BCUT2D eigenvalue weighted by molar-refractivity contribution is 7.88. The zero-order chi connectivity index (χ0) is 19.3. The smallest absolute Gasteiger partial charge is 0.234 e. The minimum absolute atomic E-state index is 0.0630. The molecule has 2 rings (SSSR count). The van der Waals surface area contributed by atoms with Gasteiger partial charge >= 0.3 is 0 Å². The molecule has 1 aliphatic rings. The van der Waals surface area contributed by atoms with Crippen molar-refractivity contribution in [3.63, 3.8) is 0 Å². The molecule has 1 unspecified atom stereocenters. The number of hydrogen-bond acceptors (Lipinski definition) is 4. The quantitative estimate of drug-likeness (QED) is 0.748. The van der Waals surface area contributed by atoms with Gasteiger partial charge in [0.2, 0.25) is 15.9 Å². The maximum absolute atomic E-state index is 13.1. The topological polar surface area (TPSA) is 78.5 Å². The zero-order valence-corrected chi connectivity index (χ0v) is 16.4. The third-order valence-electron chi connectivity index (χ3n) is 4.55. The molecule has 1 aromatic carbocycles. The van der Waals surface area contributed by atoms with Crippen LogP contribution in [-0.2, 0) is 14.8 Å². The number of rotatable bonds is 7. The molecule has 0 aromatic heterocycles. The monoisotopic (exact) mass is 385 g/mol. The molecule has 1 aromatic rings. The summed E-state index contributed by atoms with van der Waals surface area (Å²) < 4.78 is 38.3. The van der Waals surface area contributed by atoms with E-state index in [2.05, 4.69) is 10.0 Å². The molecule has 0 bridgehead atoms. The van der Waals surface area contributed by atoms with Gasteiger partial charge in [-0.1, -0.05) is 26.0 Å². The number of sulfonamides is 1. The molecular formula is C18H28FN3O3S. The largest absolute Gasteiger partial charge is 0.348 e. The van der Waals surface area contributed by atoms with Crippen LogP contribution in [0.4, 0.5) is 4.39 Å². The van der Waals surface area contributed by atoms with Crippen molar-refractivity contribution in [2.75, 3.05) is 25.9 Å². The maximum Gasteiger partial charge on any atom is 0.234 e. The number of nitrogens with one attached hydrogen (secondary N) is 2. The fourth-order valence-electron chi connectivity index (χ4n) is 3.24. The van der Waals surface area contributed by atoms with Crippen LogP contribution in [0.15, 0.2) is 24.3 Å². The number of carbonyl (C=O) groups is 1. The molecule has 0 saturated carbocycles. The standard InChI is InChI=1S/C18H28FN3O3S/c1-13(2)18(14-4-6-15(19)7-5-14)20-17(23)12-22-10-8-16(9-11-22)21-26(3,24)25/h4-7,13,16,18,21H,8-12H2,1-3H3,(H,20,23). The highest BCUT2D eigenvalue weighted by Gasteiger charge is 2.24. The lowest BCUT2D eigenvalue weighted by atomic mass is 9.96. The summed E-state index contributed by atoms with van der Waals surface area (Å²) in [5, 5.41) is 3.03. The van der Waals surface area contributed by atoms with Gasteiger partial charge < -0.3 is 5.32 Å². The van der Waals surface area contributed by atoms with Crippen LogP contribution in [0.25, 0.3) is 0 Å². The molecule has 2 N–H and O–H groups in total. The van der Waals surface area contributed by atoms with Crippen molar-refractivity contribution in [3.05, 3.63) is 35.6 Å². The summed E-state index contributed by atoms with van der Waals surface area (Å²) >= 11 is 0. The molecule has 1 amide bonds. The Bertz CT molecular complexity index is 699. The van der Waals surface area contributed by atoms with Gasteiger partial charge in [0, 0.05) is 19.1 Å². The third kappa shape index (κ3) is 6.66. The zero-order valence-electron chi connectivity index (χ0n) is 15.5. The summed E-state index contributed by atoms with van der Waals surface area (Å²) in [4.78, 5) is 14.5. The lowest BCUT2D eigenvalue weighted by Gasteiger charge is -2.32. The lowest BCUT2D eigenvalue weighted by molar-refractivity contribution is -0.123. The van der Waals surface area contributed by atoms with Crippen molar-refractivity contribution in [1.29, 1.82) is 0 Å². The molecule has 1 heterocycles. The van der Waals surface area contributed by atoms with Crippen molar-refractivity contribution in [3.8, 4) is 0 Å². The van der Waals surface area contributed by atoms with Crippen molar-refractivity contribution in [2.24, 2.45) is 5.92 Å². The van der Waals surface area contributed by atoms with Gasteiger partial charge in [0.15, 0.2) is 0 Å². The fraction of sp³-hybridized carbons (Fsp3) is 0.611. The van der Waals surface area contributed by atoms with E-state index in [0.717, 1.165) is 11.8 Å². The number of halogens is 1. The fourth-order valence-corrected chi connectivity index (χ4v) is 4.08. The Hall–Kier alpha value is -1.51. The van der Waals surface area contributed by atoms with Crippen molar-refractivity contribution in [1.82, 2.24) is 14.9 Å². The van der Waals surface area contributed by atoms with Crippen molar-refractivity contribution in [2.45, 2.75) is 38.8 Å². The molecule has 1 saturated heterocycles. The predicted octanol–water partition coefficient (Wildman–Crippen LogP) is 1.65. The third-order valence-corrected chi connectivity index (χ3v) is 5.31. The Morgan fingerprint density at radius 1 is 1.23 bits per heavy atom. The second kappa shape index (κ2) is 8.92. The molecule has 1 fully saturated rings. The SMILES string of the molecule is CC(C)C(NC(=O)CN1CCC(NS(C)(=O)=O)CC1)c1ccc(F)cc1. The van der Waals surface area contributed by atoms with Gasteiger partial charge in [0.25, 0.3) is 0 Å². The molecule has 26 heavy (non-hydrogen) atoms. The van der Waals surface area contributed by atoms with E-state index in [4.69, 9.17) is 0 Å². The molecule has 0 aliphatic carbocycles. The van der Waals surface area contributed by atoms with E-state index < -0.39 is 10.0 Å². The average Bonchev–Trinajstić information content (AvgIpc) is 2.54. The first kappa shape index (κ1) is 20.8. The van der Waals surface area contributed by atoms with Crippen LogP contribution in [-0.4, -0.2) is 51.2 Å². The second-order valence-electron chi connectivity index (χ2n) is 7.28. The number of benzene rings is 1. The van der Waals surface area contributed by atoms with Gasteiger partial charge in [0.1, 0.15) is 5.82 Å². The van der Waals surface area contributed by atoms with E-state index in [0.29, 0.717) is 25.9 Å². The highest BCUT2D eigenvalue weighted by Crippen LogP contribution is 2.22. The Morgan fingerprint density at radius 3 is 2.31 bits per heavy atom. The normalized spacial score (nSPS) is 18.0. The summed E-state index contributed by atoms with van der Waals surface area (Å²) in [7, 11) is -3.20. The summed E-state index contributed by atoms with van der Waals surface area (Å²) in [5.74, 6) is -0.204. The van der Waals surface area contributed by atoms with Crippen LogP contribution in [0, 0.1) is 11.7 Å². The number of carbonyl (C=O) groups excluding carboxylic acids is 1. The first-order valence-corrected chi connectivity index (χ1v) is 10.8. The molecule has 0 spiro atoms. The van der Waals surface area contributed by atoms with Gasteiger partial charge in [-0.15, -0.1) is 0 Å². The number of piperidine rings is 1. The molecule has 8 heteroatoms. The van der Waals surface area contributed by atoms with E-state index in [9.17, 15) is 17.6 Å². The van der Waals surface area contributed by atoms with Crippen LogP contribution in [0.3, 0.4) is 0 Å². The van der Waals surface area contributed by atoms with E-state index in [-0.39, 0.29) is 36.3 Å². The van der Waals surface area contributed by atoms with Gasteiger partial charge in [-0.3, -0.25) is 9.69 Å². The van der Waals surface area contributed by atoms with Gasteiger partial charge in [-0.25, -0.2) is 17.5 Å². The Balaban J connectivity index is 1.86. The van der Waals surface area contributed by atoms with Crippen LogP contribution in [0.2, 0.25) is 0 Å². The Labute approximate surface area is 155 Å². The van der Waals surface area contributed by atoms with Crippen molar-refractivity contribution < 1.29 is 17.6 Å². The average molecular weight is 386 g/mol. The van der Waals surface area contributed by atoms with Crippen molar-refractivity contribution >= 4 is 15.9 Å². The van der Waals surface area contributed by atoms with Gasteiger partial charge in [-0.05, 0) is 36.5 Å². The predicted molar refractivity (Wildman–Crippen MR) is 99.6 cm³/mol. The molecule has 1 aliphatic heterocycles. The summed E-state index contributed by atoms with van der Waals surface area (Å²) in [5.41, 5.74) is 0.880. The summed E-state index contributed by atoms with van der Waals surface area (Å²) in [6.45, 7) is 5.64. The number of nitrogens with zero attached hydrogens (tertiary/aromatic N) is 1. The summed E-state index contributed by atoms with van der Waals surface area (Å²) in [6, 6.07) is 5.96. The Kier molecular flexibility index (Phi) is 7.14. The lowest BCUT2D eigenvalue weighted by Crippen LogP contribution is -2.47. The minimum Gasteiger partial charge on any atom is -0.348 e. The van der Waals surface area contributed by atoms with Gasteiger partial charge in [0.05, 0.1) is 18.8 Å². The van der Waals surface area contributed by atoms with E-state index in [1.54, 1.807) is 12.1 Å². The molecule has 146 valence electrons. The van der Waals surface area contributed by atoms with E-state index >= 15 is 0 Å². The minimum atomic E-state index is -3.20. The second-order valence-corrected chi connectivity index (χ2v) is 9.06. The molecule has 6 nitrogen and oxygen atoms in total. The number of amides is 1. The van der Waals surface area contributed by atoms with Crippen LogP contribution in [0.5, 0.6) is 0 Å². The number of hydrogen-bond donors (Lipinski definition) is 2. The molecule has 0 radical (unpaired) electrons. The van der Waals surface area contributed by atoms with Crippen LogP contribution < -0.4 is 10.0 Å². The Morgan fingerprint density at radius 2 is 1.81 bits per heavy atom.